The third-order valence-electron chi connectivity index (χ3n) is 4.10. The number of guanidine groups is 1. The number of ether oxygens (including phenoxy) is 3. The van der Waals surface area contributed by atoms with Gasteiger partial charge in [-0.2, -0.15) is 8.78 Å². The third-order valence-corrected chi connectivity index (χ3v) is 4.60. The van der Waals surface area contributed by atoms with Crippen LogP contribution in [-0.4, -0.2) is 52.6 Å². The van der Waals surface area contributed by atoms with Crippen molar-refractivity contribution in [3.05, 3.63) is 27.7 Å². The van der Waals surface area contributed by atoms with Crippen LogP contribution in [0.1, 0.15) is 18.4 Å². The van der Waals surface area contributed by atoms with Crippen LogP contribution in [0.15, 0.2) is 17.1 Å². The van der Waals surface area contributed by atoms with Gasteiger partial charge in [-0.1, -0.05) is 23.2 Å². The quantitative estimate of drug-likeness (QED) is 0.330. The highest BCUT2D eigenvalue weighted by molar-refractivity contribution is 6.35. The van der Waals surface area contributed by atoms with E-state index in [1.54, 1.807) is 7.05 Å². The molecule has 0 spiro atoms. The van der Waals surface area contributed by atoms with Gasteiger partial charge in [-0.25, -0.2) is 0 Å². The number of halogens is 4. The molecule has 0 saturated carbocycles. The van der Waals surface area contributed by atoms with Crippen LogP contribution in [0.2, 0.25) is 10.0 Å². The maximum Gasteiger partial charge on any atom is 0.387 e. The first-order valence-electron chi connectivity index (χ1n) is 9.02. The minimum atomic E-state index is -2.98. The van der Waals surface area contributed by atoms with E-state index in [0.29, 0.717) is 35.6 Å². The second kappa shape index (κ2) is 12.3. The molecule has 158 valence electrons. The highest BCUT2D eigenvalue weighted by Gasteiger charge is 2.16. The number of alkyl halides is 2. The van der Waals surface area contributed by atoms with Gasteiger partial charge in [-0.15, -0.1) is 0 Å². The number of hydrogen-bond acceptors (Lipinski definition) is 4. The second-order valence-corrected chi connectivity index (χ2v) is 7.11. The molecule has 1 aromatic rings. The Morgan fingerprint density at radius 2 is 2.18 bits per heavy atom. The van der Waals surface area contributed by atoms with E-state index in [0.717, 1.165) is 32.7 Å². The zero-order valence-electron chi connectivity index (χ0n) is 15.7. The molecule has 1 saturated heterocycles. The molecule has 1 aliphatic heterocycles. The van der Waals surface area contributed by atoms with Gasteiger partial charge in [0.1, 0.15) is 5.75 Å². The Morgan fingerprint density at radius 1 is 1.36 bits per heavy atom. The number of hydrogen-bond donors (Lipinski definition) is 2. The summed E-state index contributed by atoms with van der Waals surface area (Å²) in [7, 11) is 1.62. The molecule has 1 aromatic carbocycles. The molecule has 2 N–H and O–H groups in total. The number of rotatable bonds is 10. The van der Waals surface area contributed by atoms with Gasteiger partial charge in [-0.3, -0.25) is 4.99 Å². The zero-order chi connectivity index (χ0) is 20.4. The molecule has 1 heterocycles. The lowest BCUT2D eigenvalue weighted by molar-refractivity contribution is -0.0504. The lowest BCUT2D eigenvalue weighted by Gasteiger charge is -2.16. The maximum atomic E-state index is 12.6. The fourth-order valence-corrected chi connectivity index (χ4v) is 3.29. The standard InChI is InChI=1S/C18H25Cl2F2N3O3/c1-23-18(24-4-2-5-26-10-12-3-6-27-11-12)25-9-13-7-14(19)8-15(20)16(13)28-17(21)22/h7-8,12,17H,2-6,9-11H2,1H3,(H2,23,24,25). The van der Waals surface area contributed by atoms with Gasteiger partial charge >= 0.3 is 6.61 Å². The molecule has 6 nitrogen and oxygen atoms in total. The summed E-state index contributed by atoms with van der Waals surface area (Å²) >= 11 is 11.9. The van der Waals surface area contributed by atoms with Crippen LogP contribution in [0.25, 0.3) is 0 Å². The first-order valence-corrected chi connectivity index (χ1v) is 9.78. The van der Waals surface area contributed by atoms with E-state index in [9.17, 15) is 8.78 Å². The van der Waals surface area contributed by atoms with Gasteiger partial charge in [-0.05, 0) is 25.0 Å². The lowest BCUT2D eigenvalue weighted by atomic mass is 10.1. The van der Waals surface area contributed by atoms with E-state index < -0.39 is 6.61 Å². The van der Waals surface area contributed by atoms with Crippen molar-refractivity contribution >= 4 is 29.2 Å². The van der Waals surface area contributed by atoms with Crippen LogP contribution in [-0.2, 0) is 16.0 Å². The highest BCUT2D eigenvalue weighted by atomic mass is 35.5. The molecule has 0 bridgehead atoms. The van der Waals surface area contributed by atoms with Crippen LogP contribution >= 0.6 is 23.2 Å². The van der Waals surface area contributed by atoms with E-state index in [2.05, 4.69) is 20.4 Å². The molecular weight excluding hydrogens is 415 g/mol. The first kappa shape index (κ1) is 22.9. The van der Waals surface area contributed by atoms with E-state index >= 15 is 0 Å². The van der Waals surface area contributed by atoms with E-state index in [1.807, 2.05) is 0 Å². The molecule has 0 amide bonds. The molecule has 1 atom stereocenters. The van der Waals surface area contributed by atoms with Crippen molar-refractivity contribution in [3.8, 4) is 5.75 Å². The Hall–Kier alpha value is -1.35. The smallest absolute Gasteiger partial charge is 0.387 e. The number of nitrogens with zero attached hydrogens (tertiary/aromatic N) is 1. The summed E-state index contributed by atoms with van der Waals surface area (Å²) in [6, 6.07) is 2.88. The maximum absolute atomic E-state index is 12.6. The predicted molar refractivity (Wildman–Crippen MR) is 106 cm³/mol. The average Bonchev–Trinajstić information content (AvgIpc) is 3.16. The molecule has 28 heavy (non-hydrogen) atoms. The van der Waals surface area contributed by atoms with Crippen molar-refractivity contribution in [2.75, 3.05) is 40.0 Å². The van der Waals surface area contributed by atoms with Gasteiger partial charge < -0.3 is 24.8 Å². The fourth-order valence-electron chi connectivity index (χ4n) is 2.71. The predicted octanol–water partition coefficient (Wildman–Crippen LogP) is 3.70. The van der Waals surface area contributed by atoms with Crippen molar-refractivity contribution in [1.29, 1.82) is 0 Å². The minimum Gasteiger partial charge on any atom is -0.433 e. The van der Waals surface area contributed by atoms with E-state index in [-0.39, 0.29) is 17.3 Å². The van der Waals surface area contributed by atoms with Crippen molar-refractivity contribution in [2.45, 2.75) is 26.0 Å². The van der Waals surface area contributed by atoms with Crippen molar-refractivity contribution in [2.24, 2.45) is 10.9 Å². The Kier molecular flexibility index (Phi) is 10.0. The summed E-state index contributed by atoms with van der Waals surface area (Å²) in [6.45, 7) is 0.786. The summed E-state index contributed by atoms with van der Waals surface area (Å²) in [6.07, 6.45) is 1.86. The molecule has 2 rings (SSSR count). The summed E-state index contributed by atoms with van der Waals surface area (Å²) in [5, 5.41) is 6.52. The highest BCUT2D eigenvalue weighted by Crippen LogP contribution is 2.33. The zero-order valence-corrected chi connectivity index (χ0v) is 17.2. The third kappa shape index (κ3) is 7.95. The van der Waals surface area contributed by atoms with Gasteiger partial charge in [0.2, 0.25) is 0 Å². The summed E-state index contributed by atoms with van der Waals surface area (Å²) in [5.74, 6) is 0.910. The SMILES string of the molecule is CN=C(NCCCOCC1CCOC1)NCc1cc(Cl)cc(Cl)c1OC(F)F. The molecule has 0 aromatic heterocycles. The molecule has 1 unspecified atom stereocenters. The number of nitrogens with one attached hydrogen (secondary N) is 2. The average molecular weight is 440 g/mol. The van der Waals surface area contributed by atoms with Gasteiger partial charge in [0.25, 0.3) is 0 Å². The topological polar surface area (TPSA) is 64.1 Å². The normalized spacial score (nSPS) is 17.2. The Balaban J connectivity index is 1.74. The van der Waals surface area contributed by atoms with E-state index in [1.165, 1.54) is 12.1 Å². The molecule has 1 fully saturated rings. The fraction of sp³-hybridized carbons (Fsp3) is 0.611. The van der Waals surface area contributed by atoms with Crippen LogP contribution in [0.4, 0.5) is 8.78 Å². The molecule has 10 heteroatoms. The second-order valence-electron chi connectivity index (χ2n) is 6.26. The van der Waals surface area contributed by atoms with Crippen LogP contribution in [0, 0.1) is 5.92 Å². The van der Waals surface area contributed by atoms with Crippen LogP contribution in [0.3, 0.4) is 0 Å². The van der Waals surface area contributed by atoms with Crippen molar-refractivity contribution < 1.29 is 23.0 Å². The molecule has 0 radical (unpaired) electrons. The van der Waals surface area contributed by atoms with E-state index in [4.69, 9.17) is 32.7 Å². The summed E-state index contributed by atoms with van der Waals surface area (Å²) in [4.78, 5) is 4.10. The lowest BCUT2D eigenvalue weighted by Crippen LogP contribution is -2.37. The number of aliphatic imine (C=N–C) groups is 1. The monoisotopic (exact) mass is 439 g/mol. The van der Waals surface area contributed by atoms with Crippen molar-refractivity contribution in [3.63, 3.8) is 0 Å². The van der Waals surface area contributed by atoms with Crippen LogP contribution in [0.5, 0.6) is 5.75 Å². The van der Waals surface area contributed by atoms with Gasteiger partial charge in [0.05, 0.1) is 18.2 Å². The summed E-state index contributed by atoms with van der Waals surface area (Å²) < 4.78 is 40.7. The first-order chi connectivity index (χ1) is 13.5. The minimum absolute atomic E-state index is 0.0253. The molecule has 1 aliphatic rings. The number of benzene rings is 1. The van der Waals surface area contributed by atoms with Gasteiger partial charge in [0, 0.05) is 49.9 Å². The Morgan fingerprint density at radius 3 is 2.86 bits per heavy atom. The molecular formula is C18H25Cl2F2N3O3. The Labute approximate surface area is 173 Å². The van der Waals surface area contributed by atoms with Crippen molar-refractivity contribution in [1.82, 2.24) is 10.6 Å². The largest absolute Gasteiger partial charge is 0.433 e. The Bertz CT molecular complexity index is 645. The summed E-state index contributed by atoms with van der Waals surface area (Å²) in [5.41, 5.74) is 0.405. The van der Waals surface area contributed by atoms with Gasteiger partial charge in [0.15, 0.2) is 5.96 Å². The molecule has 0 aliphatic carbocycles. The van der Waals surface area contributed by atoms with Crippen LogP contribution < -0.4 is 15.4 Å².